The highest BCUT2D eigenvalue weighted by Crippen LogP contribution is 2.24. The van der Waals surface area contributed by atoms with Crippen LogP contribution in [-0.2, 0) is 0 Å². The molecule has 2 aromatic rings. The van der Waals surface area contributed by atoms with E-state index >= 15 is 0 Å². The summed E-state index contributed by atoms with van der Waals surface area (Å²) in [7, 11) is 0. The number of carbonyl (C=O) groups is 1. The lowest BCUT2D eigenvalue weighted by molar-refractivity contribution is 0.112. The number of rotatable bonds is 4. The lowest BCUT2D eigenvalue weighted by Crippen LogP contribution is -2.17. The SMILES string of the molecule is O=Cc1cc(/C=C/c2cccc(N3CCCC3)c2)cc(F)c1O. The standard InChI is InChI=1S/C19H18FNO2/c20-18-12-15(10-16(13-22)19(18)23)7-6-14-4-3-5-17(11-14)21-8-1-2-9-21/h3-7,10-13,23H,1-2,8-9H2/b7-6+. The van der Waals surface area contributed by atoms with Crippen molar-refractivity contribution < 1.29 is 14.3 Å². The Balaban J connectivity index is 1.84. The molecule has 0 radical (unpaired) electrons. The lowest BCUT2D eigenvalue weighted by atomic mass is 10.1. The number of halogens is 1. The van der Waals surface area contributed by atoms with E-state index in [1.54, 1.807) is 6.08 Å². The largest absolute Gasteiger partial charge is 0.504 e. The minimum Gasteiger partial charge on any atom is -0.504 e. The third kappa shape index (κ3) is 3.42. The van der Waals surface area contributed by atoms with Gasteiger partial charge < -0.3 is 10.0 Å². The number of aldehydes is 1. The van der Waals surface area contributed by atoms with Gasteiger partial charge in [-0.2, -0.15) is 0 Å². The Morgan fingerprint density at radius 3 is 2.52 bits per heavy atom. The fourth-order valence-corrected chi connectivity index (χ4v) is 2.82. The van der Waals surface area contributed by atoms with E-state index in [0.29, 0.717) is 11.8 Å². The first kappa shape index (κ1) is 15.3. The summed E-state index contributed by atoms with van der Waals surface area (Å²) in [5, 5.41) is 9.43. The molecule has 0 aliphatic carbocycles. The first-order valence-corrected chi connectivity index (χ1v) is 7.68. The summed E-state index contributed by atoms with van der Waals surface area (Å²) < 4.78 is 13.6. The molecule has 0 bridgehead atoms. The molecule has 0 aromatic heterocycles. The second-order valence-electron chi connectivity index (χ2n) is 5.68. The van der Waals surface area contributed by atoms with Gasteiger partial charge in [0.15, 0.2) is 17.9 Å². The molecule has 0 atom stereocenters. The van der Waals surface area contributed by atoms with Crippen LogP contribution < -0.4 is 4.90 Å². The van der Waals surface area contributed by atoms with Crippen molar-refractivity contribution in [2.75, 3.05) is 18.0 Å². The van der Waals surface area contributed by atoms with Crippen LogP contribution in [0.25, 0.3) is 12.2 Å². The third-order valence-corrected chi connectivity index (χ3v) is 4.05. The average Bonchev–Trinajstić information content (AvgIpc) is 3.10. The van der Waals surface area contributed by atoms with Crippen molar-refractivity contribution in [3.8, 4) is 5.75 Å². The lowest BCUT2D eigenvalue weighted by Gasteiger charge is -2.17. The Bertz CT molecular complexity index is 749. The number of hydrogen-bond donors (Lipinski definition) is 1. The van der Waals surface area contributed by atoms with Crippen LogP contribution in [0.1, 0.15) is 34.3 Å². The maximum absolute atomic E-state index is 13.6. The van der Waals surface area contributed by atoms with Crippen LogP contribution in [0.5, 0.6) is 5.75 Å². The topological polar surface area (TPSA) is 40.5 Å². The maximum atomic E-state index is 13.6. The van der Waals surface area contributed by atoms with E-state index in [2.05, 4.69) is 17.0 Å². The average molecular weight is 311 g/mol. The maximum Gasteiger partial charge on any atom is 0.166 e. The predicted octanol–water partition coefficient (Wildman–Crippen LogP) is 4.11. The number of hydrogen-bond acceptors (Lipinski definition) is 3. The van der Waals surface area contributed by atoms with Crippen LogP contribution in [0.2, 0.25) is 0 Å². The van der Waals surface area contributed by atoms with Crippen molar-refractivity contribution in [3.63, 3.8) is 0 Å². The monoisotopic (exact) mass is 311 g/mol. The number of aromatic hydroxyl groups is 1. The number of phenolic OH excluding ortho intramolecular Hbond substituents is 1. The predicted molar refractivity (Wildman–Crippen MR) is 90.3 cm³/mol. The molecule has 4 heteroatoms. The molecule has 1 N–H and O–H groups in total. The van der Waals surface area contributed by atoms with Crippen LogP contribution >= 0.6 is 0 Å². The summed E-state index contributed by atoms with van der Waals surface area (Å²) in [5.74, 6) is -1.40. The van der Waals surface area contributed by atoms with E-state index in [9.17, 15) is 14.3 Å². The smallest absolute Gasteiger partial charge is 0.166 e. The summed E-state index contributed by atoms with van der Waals surface area (Å²) in [6.45, 7) is 2.16. The highest BCUT2D eigenvalue weighted by Gasteiger charge is 2.12. The van der Waals surface area contributed by atoms with Crippen molar-refractivity contribution >= 4 is 24.1 Å². The van der Waals surface area contributed by atoms with Crippen molar-refractivity contribution in [1.82, 2.24) is 0 Å². The van der Waals surface area contributed by atoms with Gasteiger partial charge in [-0.15, -0.1) is 0 Å². The van der Waals surface area contributed by atoms with E-state index in [-0.39, 0.29) is 5.56 Å². The highest BCUT2D eigenvalue weighted by atomic mass is 19.1. The molecule has 1 heterocycles. The van der Waals surface area contributed by atoms with E-state index < -0.39 is 11.6 Å². The molecule has 118 valence electrons. The van der Waals surface area contributed by atoms with Gasteiger partial charge in [-0.05, 0) is 48.2 Å². The number of anilines is 1. The zero-order chi connectivity index (χ0) is 16.2. The molecule has 23 heavy (non-hydrogen) atoms. The van der Waals surface area contributed by atoms with Crippen LogP contribution in [0.4, 0.5) is 10.1 Å². The number of carbonyl (C=O) groups excluding carboxylic acids is 1. The van der Waals surface area contributed by atoms with Crippen LogP contribution in [0.15, 0.2) is 36.4 Å². The second-order valence-corrected chi connectivity index (χ2v) is 5.68. The zero-order valence-corrected chi connectivity index (χ0v) is 12.7. The Morgan fingerprint density at radius 1 is 1.04 bits per heavy atom. The van der Waals surface area contributed by atoms with Gasteiger partial charge in [0.05, 0.1) is 5.56 Å². The molecular weight excluding hydrogens is 293 g/mol. The van der Waals surface area contributed by atoms with E-state index in [1.807, 2.05) is 18.2 Å². The van der Waals surface area contributed by atoms with Crippen molar-refractivity contribution in [1.29, 1.82) is 0 Å². The Morgan fingerprint density at radius 2 is 1.78 bits per heavy atom. The molecule has 0 unspecified atom stereocenters. The Kier molecular flexibility index (Phi) is 4.42. The van der Waals surface area contributed by atoms with Gasteiger partial charge in [0.25, 0.3) is 0 Å². The number of nitrogens with zero attached hydrogens (tertiary/aromatic N) is 1. The van der Waals surface area contributed by atoms with Crippen molar-refractivity contribution in [3.05, 3.63) is 58.9 Å². The second kappa shape index (κ2) is 6.65. The molecule has 1 aliphatic heterocycles. The Hall–Kier alpha value is -2.62. The highest BCUT2D eigenvalue weighted by molar-refractivity contribution is 5.82. The molecular formula is C19H18FNO2. The Labute approximate surface area is 134 Å². The zero-order valence-electron chi connectivity index (χ0n) is 12.7. The van der Waals surface area contributed by atoms with Crippen molar-refractivity contribution in [2.45, 2.75) is 12.8 Å². The fourth-order valence-electron chi connectivity index (χ4n) is 2.82. The van der Waals surface area contributed by atoms with E-state index in [4.69, 9.17) is 0 Å². The molecule has 1 aliphatic rings. The summed E-state index contributed by atoms with van der Waals surface area (Å²) >= 11 is 0. The van der Waals surface area contributed by atoms with E-state index in [1.165, 1.54) is 30.7 Å². The summed E-state index contributed by atoms with van der Waals surface area (Å²) in [6.07, 6.45) is 6.50. The summed E-state index contributed by atoms with van der Waals surface area (Å²) in [5.41, 5.74) is 2.69. The first-order valence-electron chi connectivity index (χ1n) is 7.68. The van der Waals surface area contributed by atoms with Gasteiger partial charge in [0.2, 0.25) is 0 Å². The number of phenols is 1. The normalized spacial score (nSPS) is 14.6. The molecule has 1 saturated heterocycles. The van der Waals surface area contributed by atoms with Gasteiger partial charge in [-0.25, -0.2) is 4.39 Å². The van der Waals surface area contributed by atoms with Crippen LogP contribution in [0.3, 0.4) is 0 Å². The van der Waals surface area contributed by atoms with Crippen LogP contribution in [-0.4, -0.2) is 24.5 Å². The molecule has 3 nitrogen and oxygen atoms in total. The first-order chi connectivity index (χ1) is 11.2. The molecule has 3 rings (SSSR count). The van der Waals surface area contributed by atoms with Crippen molar-refractivity contribution in [2.24, 2.45) is 0 Å². The minimum absolute atomic E-state index is 0.0459. The minimum atomic E-state index is -0.792. The van der Waals surface area contributed by atoms with Gasteiger partial charge in [0, 0.05) is 18.8 Å². The van der Waals surface area contributed by atoms with Crippen LogP contribution in [0, 0.1) is 5.82 Å². The molecule has 2 aromatic carbocycles. The molecule has 0 spiro atoms. The quantitative estimate of drug-likeness (QED) is 0.682. The van der Waals surface area contributed by atoms with Gasteiger partial charge in [-0.1, -0.05) is 24.3 Å². The molecule has 0 amide bonds. The fraction of sp³-hybridized carbons (Fsp3) is 0.211. The van der Waals surface area contributed by atoms with Gasteiger partial charge in [0.1, 0.15) is 0 Å². The van der Waals surface area contributed by atoms with Gasteiger partial charge in [-0.3, -0.25) is 4.79 Å². The summed E-state index contributed by atoms with van der Waals surface area (Å²) in [4.78, 5) is 13.2. The third-order valence-electron chi connectivity index (χ3n) is 4.05. The number of benzene rings is 2. The van der Waals surface area contributed by atoms with Gasteiger partial charge >= 0.3 is 0 Å². The summed E-state index contributed by atoms with van der Waals surface area (Å²) in [6, 6.07) is 10.8. The van der Waals surface area contributed by atoms with E-state index in [0.717, 1.165) is 18.7 Å². The molecule has 0 saturated carbocycles. The molecule has 1 fully saturated rings.